The lowest BCUT2D eigenvalue weighted by molar-refractivity contribution is 0.0697. The summed E-state index contributed by atoms with van der Waals surface area (Å²) in [6, 6.07) is 1.37. The number of aromatic nitrogens is 2. The highest BCUT2D eigenvalue weighted by molar-refractivity contribution is 5.92. The second-order valence-corrected chi connectivity index (χ2v) is 2.86. The van der Waals surface area contributed by atoms with E-state index in [9.17, 15) is 4.79 Å². The lowest BCUT2D eigenvalue weighted by Gasteiger charge is -2.07. The topological polar surface area (TPSA) is 105 Å². The van der Waals surface area contributed by atoms with Gasteiger partial charge in [-0.05, 0) is 6.07 Å². The van der Waals surface area contributed by atoms with Crippen molar-refractivity contribution in [3.8, 4) is 0 Å². The third-order valence-electron chi connectivity index (χ3n) is 1.73. The molecule has 16 heavy (non-hydrogen) atoms. The van der Waals surface area contributed by atoms with Crippen LogP contribution in [0.15, 0.2) is 12.3 Å². The van der Waals surface area contributed by atoms with Crippen LogP contribution in [0.4, 0.5) is 5.82 Å². The molecular weight excluding hydrogens is 214 g/mol. The maximum Gasteiger partial charge on any atom is 0.339 e. The molecule has 0 bridgehead atoms. The predicted octanol–water partition coefficient (Wildman–Crippen LogP) is -0.404. The Balaban J connectivity index is 2.44. The fourth-order valence-corrected chi connectivity index (χ4v) is 1.04. The van der Waals surface area contributed by atoms with Gasteiger partial charge in [-0.2, -0.15) is 5.10 Å². The summed E-state index contributed by atoms with van der Waals surface area (Å²) in [7, 11) is 0. The summed E-state index contributed by atoms with van der Waals surface area (Å²) >= 11 is 0. The molecule has 0 spiro atoms. The number of aliphatic hydroxyl groups excluding tert-OH is 1. The van der Waals surface area contributed by atoms with E-state index in [1.54, 1.807) is 0 Å². The number of rotatable bonds is 7. The normalized spacial score (nSPS) is 10.1. The van der Waals surface area contributed by atoms with E-state index < -0.39 is 5.97 Å². The summed E-state index contributed by atoms with van der Waals surface area (Å²) in [6.07, 6.45) is 1.32. The fourth-order valence-electron chi connectivity index (χ4n) is 1.04. The van der Waals surface area contributed by atoms with Gasteiger partial charge < -0.3 is 20.3 Å². The number of carbonyl (C=O) groups is 1. The zero-order valence-electron chi connectivity index (χ0n) is 8.59. The van der Waals surface area contributed by atoms with Gasteiger partial charge in [0.25, 0.3) is 0 Å². The van der Waals surface area contributed by atoms with Crippen LogP contribution in [0.25, 0.3) is 0 Å². The molecule has 1 heterocycles. The first-order valence-electron chi connectivity index (χ1n) is 4.73. The zero-order chi connectivity index (χ0) is 11.8. The Labute approximate surface area is 92.1 Å². The highest BCUT2D eigenvalue weighted by atomic mass is 16.5. The van der Waals surface area contributed by atoms with E-state index in [1.165, 1.54) is 12.3 Å². The molecule has 1 aromatic heterocycles. The number of hydrogen-bond donors (Lipinski definition) is 3. The Morgan fingerprint density at radius 3 is 3.00 bits per heavy atom. The van der Waals surface area contributed by atoms with Crippen molar-refractivity contribution in [3.05, 3.63) is 17.8 Å². The summed E-state index contributed by atoms with van der Waals surface area (Å²) in [5.41, 5.74) is 0.0668. The van der Waals surface area contributed by atoms with E-state index in [1.807, 2.05) is 0 Å². The van der Waals surface area contributed by atoms with Gasteiger partial charge >= 0.3 is 5.97 Å². The van der Waals surface area contributed by atoms with Crippen molar-refractivity contribution in [2.45, 2.75) is 0 Å². The molecule has 0 saturated carbocycles. The molecule has 88 valence electrons. The second-order valence-electron chi connectivity index (χ2n) is 2.86. The molecule has 0 unspecified atom stereocenters. The van der Waals surface area contributed by atoms with Crippen LogP contribution < -0.4 is 5.32 Å². The number of aromatic carboxylic acids is 1. The average Bonchev–Trinajstić information content (AvgIpc) is 2.29. The zero-order valence-corrected chi connectivity index (χ0v) is 8.59. The molecule has 1 aromatic rings. The van der Waals surface area contributed by atoms with Gasteiger partial charge in [0, 0.05) is 6.54 Å². The number of nitrogens with zero attached hydrogens (tertiary/aromatic N) is 2. The van der Waals surface area contributed by atoms with E-state index in [0.29, 0.717) is 13.2 Å². The Bertz CT molecular complexity index is 345. The monoisotopic (exact) mass is 227 g/mol. The van der Waals surface area contributed by atoms with Gasteiger partial charge in [-0.3, -0.25) is 0 Å². The molecule has 0 aliphatic carbocycles. The molecular formula is C9H13N3O4. The van der Waals surface area contributed by atoms with Crippen molar-refractivity contribution >= 4 is 11.8 Å². The molecule has 0 atom stereocenters. The Morgan fingerprint density at radius 2 is 2.31 bits per heavy atom. The van der Waals surface area contributed by atoms with Gasteiger partial charge in [0.2, 0.25) is 0 Å². The van der Waals surface area contributed by atoms with Gasteiger partial charge in [0.1, 0.15) is 5.56 Å². The molecule has 7 nitrogen and oxygen atoms in total. The minimum absolute atomic E-state index is 0.0362. The van der Waals surface area contributed by atoms with Crippen molar-refractivity contribution in [2.75, 3.05) is 31.7 Å². The van der Waals surface area contributed by atoms with Gasteiger partial charge in [0.15, 0.2) is 5.82 Å². The van der Waals surface area contributed by atoms with Crippen LogP contribution in [0.2, 0.25) is 0 Å². The summed E-state index contributed by atoms with van der Waals surface area (Å²) in [5.74, 6) is -0.851. The van der Waals surface area contributed by atoms with E-state index in [2.05, 4.69) is 15.5 Å². The highest BCUT2D eigenvalue weighted by Gasteiger charge is 2.10. The van der Waals surface area contributed by atoms with Gasteiger partial charge in [-0.15, -0.1) is 5.10 Å². The number of ether oxygens (including phenoxy) is 1. The third kappa shape index (κ3) is 3.79. The Kier molecular flexibility index (Phi) is 5.17. The Morgan fingerprint density at radius 1 is 1.50 bits per heavy atom. The van der Waals surface area contributed by atoms with Crippen molar-refractivity contribution in [1.29, 1.82) is 0 Å². The van der Waals surface area contributed by atoms with Crippen LogP contribution in [0.5, 0.6) is 0 Å². The number of aliphatic hydroxyl groups is 1. The first kappa shape index (κ1) is 12.3. The molecule has 7 heteroatoms. The van der Waals surface area contributed by atoms with E-state index in [4.69, 9.17) is 14.9 Å². The molecule has 0 radical (unpaired) electrons. The SMILES string of the molecule is O=C(O)c1ccnnc1NCCOCCO. The quantitative estimate of drug-likeness (QED) is 0.544. The smallest absolute Gasteiger partial charge is 0.339 e. The van der Waals surface area contributed by atoms with Crippen LogP contribution in [0.1, 0.15) is 10.4 Å². The van der Waals surface area contributed by atoms with Gasteiger partial charge in [0.05, 0.1) is 26.0 Å². The van der Waals surface area contributed by atoms with Crippen LogP contribution >= 0.6 is 0 Å². The largest absolute Gasteiger partial charge is 0.478 e. The predicted molar refractivity (Wildman–Crippen MR) is 55.4 cm³/mol. The fraction of sp³-hybridized carbons (Fsp3) is 0.444. The summed E-state index contributed by atoms with van der Waals surface area (Å²) in [4.78, 5) is 10.8. The van der Waals surface area contributed by atoms with Gasteiger partial charge in [-0.25, -0.2) is 4.79 Å². The number of nitrogens with one attached hydrogen (secondary N) is 1. The third-order valence-corrected chi connectivity index (χ3v) is 1.73. The number of carboxylic acids is 1. The van der Waals surface area contributed by atoms with Crippen molar-refractivity contribution in [1.82, 2.24) is 10.2 Å². The molecule has 0 amide bonds. The standard InChI is InChI=1S/C9H13N3O4/c13-4-6-16-5-3-10-8-7(9(14)15)1-2-11-12-8/h1-2,13H,3-6H2,(H,10,12)(H,14,15). The summed E-state index contributed by atoms with van der Waals surface area (Å²) in [6.45, 7) is 0.981. The summed E-state index contributed by atoms with van der Waals surface area (Å²) in [5, 5.41) is 27.3. The molecule has 0 aliphatic heterocycles. The maximum atomic E-state index is 10.8. The maximum absolute atomic E-state index is 10.8. The van der Waals surface area contributed by atoms with E-state index in [-0.39, 0.29) is 24.6 Å². The van der Waals surface area contributed by atoms with Crippen LogP contribution in [-0.2, 0) is 4.74 Å². The van der Waals surface area contributed by atoms with Crippen LogP contribution in [0.3, 0.4) is 0 Å². The average molecular weight is 227 g/mol. The van der Waals surface area contributed by atoms with Crippen LogP contribution in [0, 0.1) is 0 Å². The number of hydrogen-bond acceptors (Lipinski definition) is 6. The first-order chi connectivity index (χ1) is 7.75. The second kappa shape index (κ2) is 6.70. The van der Waals surface area contributed by atoms with Crippen molar-refractivity contribution < 1.29 is 19.7 Å². The van der Waals surface area contributed by atoms with Gasteiger partial charge in [-0.1, -0.05) is 0 Å². The van der Waals surface area contributed by atoms with E-state index >= 15 is 0 Å². The minimum atomic E-state index is -1.06. The lowest BCUT2D eigenvalue weighted by atomic mass is 10.3. The van der Waals surface area contributed by atoms with Crippen molar-refractivity contribution in [3.63, 3.8) is 0 Å². The van der Waals surface area contributed by atoms with Crippen LogP contribution in [-0.4, -0.2) is 52.7 Å². The Hall–Kier alpha value is -1.73. The molecule has 0 fully saturated rings. The lowest BCUT2D eigenvalue weighted by Crippen LogP contribution is -2.15. The minimum Gasteiger partial charge on any atom is -0.478 e. The molecule has 3 N–H and O–H groups in total. The first-order valence-corrected chi connectivity index (χ1v) is 4.73. The van der Waals surface area contributed by atoms with Crippen molar-refractivity contribution in [2.24, 2.45) is 0 Å². The molecule has 0 aromatic carbocycles. The van der Waals surface area contributed by atoms with E-state index in [0.717, 1.165) is 0 Å². The molecule has 1 rings (SSSR count). The molecule has 0 aliphatic rings. The highest BCUT2D eigenvalue weighted by Crippen LogP contribution is 2.08. The number of anilines is 1. The molecule has 0 saturated heterocycles. The number of carboxylic acid groups (broad SMARTS) is 1. The summed E-state index contributed by atoms with van der Waals surface area (Å²) < 4.78 is 5.00.